The van der Waals surface area contributed by atoms with Gasteiger partial charge in [-0.25, -0.2) is 0 Å². The third-order valence-electron chi connectivity index (χ3n) is 2.15. The molecule has 96 valence electrons. The molecular weight excluding hydrogens is 286 g/mol. The summed E-state index contributed by atoms with van der Waals surface area (Å²) in [6.45, 7) is 1.59. The van der Waals surface area contributed by atoms with E-state index in [1.165, 1.54) is 0 Å². The summed E-state index contributed by atoms with van der Waals surface area (Å²) in [5.74, 6) is 0.739. The molecule has 0 saturated heterocycles. The number of rotatable bonds is 8. The van der Waals surface area contributed by atoms with Gasteiger partial charge < -0.3 is 20.3 Å². The van der Waals surface area contributed by atoms with Crippen molar-refractivity contribution < 1.29 is 14.9 Å². The Morgan fingerprint density at radius 1 is 1.29 bits per heavy atom. The lowest BCUT2D eigenvalue weighted by Crippen LogP contribution is -2.32. The molecule has 0 radical (unpaired) electrons. The number of hydrogen-bond donors (Lipinski definition) is 3. The van der Waals surface area contributed by atoms with E-state index in [0.717, 1.165) is 10.2 Å². The fourth-order valence-corrected chi connectivity index (χ4v) is 1.52. The van der Waals surface area contributed by atoms with Crippen molar-refractivity contribution in [2.75, 3.05) is 26.3 Å². The van der Waals surface area contributed by atoms with Gasteiger partial charge in [-0.2, -0.15) is 0 Å². The summed E-state index contributed by atoms with van der Waals surface area (Å²) in [5.41, 5.74) is 0. The molecule has 1 unspecified atom stereocenters. The summed E-state index contributed by atoms with van der Waals surface area (Å²) < 4.78 is 6.42. The number of aliphatic hydroxyl groups is 2. The Morgan fingerprint density at radius 2 is 2.00 bits per heavy atom. The second kappa shape index (κ2) is 8.47. The van der Waals surface area contributed by atoms with Gasteiger partial charge in [-0.1, -0.05) is 15.9 Å². The van der Waals surface area contributed by atoms with Crippen molar-refractivity contribution in [3.8, 4) is 5.75 Å². The quantitative estimate of drug-likeness (QED) is 0.631. The highest BCUT2D eigenvalue weighted by atomic mass is 79.9. The number of halogens is 1. The Labute approximate surface area is 110 Å². The molecule has 1 rings (SSSR count). The zero-order valence-corrected chi connectivity index (χ0v) is 11.2. The predicted molar refractivity (Wildman–Crippen MR) is 70.2 cm³/mol. The first-order chi connectivity index (χ1) is 8.22. The van der Waals surface area contributed by atoms with E-state index in [0.29, 0.717) is 19.5 Å². The van der Waals surface area contributed by atoms with Crippen molar-refractivity contribution in [1.82, 2.24) is 5.32 Å². The lowest BCUT2D eigenvalue weighted by molar-refractivity contribution is 0.106. The van der Waals surface area contributed by atoms with E-state index in [-0.39, 0.29) is 13.2 Å². The molecule has 3 N–H and O–H groups in total. The van der Waals surface area contributed by atoms with Crippen molar-refractivity contribution in [3.05, 3.63) is 28.7 Å². The van der Waals surface area contributed by atoms with E-state index in [1.807, 2.05) is 24.3 Å². The monoisotopic (exact) mass is 303 g/mol. The Balaban J connectivity index is 2.14. The normalized spacial score (nSPS) is 12.4. The van der Waals surface area contributed by atoms with Gasteiger partial charge in [0.2, 0.25) is 0 Å². The predicted octanol–water partition coefficient (Wildman–Crippen LogP) is 1.16. The second-order valence-corrected chi connectivity index (χ2v) is 4.62. The standard InChI is InChI=1S/C12H18BrNO3/c13-10-2-4-12(5-3-10)17-9-11(16)8-14-6-1-7-15/h2-5,11,14-16H,1,6-9H2. The maximum Gasteiger partial charge on any atom is 0.119 e. The molecule has 0 aliphatic carbocycles. The minimum absolute atomic E-state index is 0.165. The molecule has 17 heavy (non-hydrogen) atoms. The lowest BCUT2D eigenvalue weighted by Gasteiger charge is -2.13. The largest absolute Gasteiger partial charge is 0.491 e. The van der Waals surface area contributed by atoms with E-state index in [4.69, 9.17) is 9.84 Å². The molecule has 0 bridgehead atoms. The molecule has 0 aromatic heterocycles. The van der Waals surface area contributed by atoms with E-state index in [2.05, 4.69) is 21.2 Å². The molecule has 1 aromatic rings. The molecule has 0 aliphatic rings. The maximum absolute atomic E-state index is 9.61. The highest BCUT2D eigenvalue weighted by molar-refractivity contribution is 9.10. The fourth-order valence-electron chi connectivity index (χ4n) is 1.25. The molecule has 0 heterocycles. The van der Waals surface area contributed by atoms with Crippen LogP contribution in [0.25, 0.3) is 0 Å². The van der Waals surface area contributed by atoms with Crippen LogP contribution >= 0.6 is 15.9 Å². The SMILES string of the molecule is OCCCNCC(O)COc1ccc(Br)cc1. The van der Waals surface area contributed by atoms with Crippen LogP contribution in [0.3, 0.4) is 0 Å². The smallest absolute Gasteiger partial charge is 0.119 e. The molecule has 1 aromatic carbocycles. The van der Waals surface area contributed by atoms with E-state index >= 15 is 0 Å². The van der Waals surface area contributed by atoms with E-state index < -0.39 is 6.10 Å². The third kappa shape index (κ3) is 6.63. The average molecular weight is 304 g/mol. The summed E-state index contributed by atoms with van der Waals surface area (Å²) in [7, 11) is 0. The third-order valence-corrected chi connectivity index (χ3v) is 2.68. The zero-order valence-electron chi connectivity index (χ0n) is 9.60. The van der Waals surface area contributed by atoms with Crippen LogP contribution in [0.2, 0.25) is 0 Å². The first-order valence-electron chi connectivity index (χ1n) is 5.60. The van der Waals surface area contributed by atoms with Gasteiger partial charge in [0.25, 0.3) is 0 Å². The zero-order chi connectivity index (χ0) is 12.5. The van der Waals surface area contributed by atoms with Crippen LogP contribution in [0.15, 0.2) is 28.7 Å². The Hall–Kier alpha value is -0.620. The Bertz CT molecular complexity index is 305. The number of aliphatic hydroxyl groups excluding tert-OH is 2. The summed E-state index contributed by atoms with van der Waals surface area (Å²) in [6, 6.07) is 7.47. The van der Waals surface area contributed by atoms with Crippen molar-refractivity contribution in [2.45, 2.75) is 12.5 Å². The van der Waals surface area contributed by atoms with Crippen molar-refractivity contribution in [3.63, 3.8) is 0 Å². The van der Waals surface area contributed by atoms with Crippen LogP contribution in [0.1, 0.15) is 6.42 Å². The first-order valence-corrected chi connectivity index (χ1v) is 6.39. The maximum atomic E-state index is 9.61. The van der Waals surface area contributed by atoms with Gasteiger partial charge in [-0.3, -0.25) is 0 Å². The number of ether oxygens (including phenoxy) is 1. The second-order valence-electron chi connectivity index (χ2n) is 3.70. The Kier molecular flexibility index (Phi) is 7.19. The summed E-state index contributed by atoms with van der Waals surface area (Å²) >= 11 is 3.34. The van der Waals surface area contributed by atoms with Gasteiger partial charge >= 0.3 is 0 Å². The van der Waals surface area contributed by atoms with Crippen molar-refractivity contribution in [2.24, 2.45) is 0 Å². The average Bonchev–Trinajstić information content (AvgIpc) is 2.34. The van der Waals surface area contributed by atoms with Crippen LogP contribution in [-0.2, 0) is 0 Å². The fraction of sp³-hybridized carbons (Fsp3) is 0.500. The van der Waals surface area contributed by atoms with Crippen LogP contribution in [0.5, 0.6) is 5.75 Å². The van der Waals surface area contributed by atoms with Gasteiger partial charge in [0.05, 0.1) is 0 Å². The van der Waals surface area contributed by atoms with Gasteiger partial charge in [-0.15, -0.1) is 0 Å². The van der Waals surface area contributed by atoms with Gasteiger partial charge in [0.15, 0.2) is 0 Å². The van der Waals surface area contributed by atoms with Crippen molar-refractivity contribution in [1.29, 1.82) is 0 Å². The summed E-state index contributed by atoms with van der Waals surface area (Å²) in [5, 5.41) is 21.2. The minimum Gasteiger partial charge on any atom is -0.491 e. The van der Waals surface area contributed by atoms with E-state index in [1.54, 1.807) is 0 Å². The molecule has 0 saturated carbocycles. The van der Waals surface area contributed by atoms with Crippen LogP contribution < -0.4 is 10.1 Å². The number of nitrogens with one attached hydrogen (secondary N) is 1. The van der Waals surface area contributed by atoms with Gasteiger partial charge in [0, 0.05) is 17.6 Å². The van der Waals surface area contributed by atoms with Crippen LogP contribution in [0, 0.1) is 0 Å². The number of hydrogen-bond acceptors (Lipinski definition) is 4. The lowest BCUT2D eigenvalue weighted by atomic mass is 10.3. The highest BCUT2D eigenvalue weighted by Crippen LogP contribution is 2.16. The van der Waals surface area contributed by atoms with Gasteiger partial charge in [-0.05, 0) is 37.2 Å². The van der Waals surface area contributed by atoms with E-state index in [9.17, 15) is 5.11 Å². The first kappa shape index (κ1) is 14.4. The minimum atomic E-state index is -0.544. The van der Waals surface area contributed by atoms with Crippen LogP contribution in [-0.4, -0.2) is 42.6 Å². The van der Waals surface area contributed by atoms with Crippen LogP contribution in [0.4, 0.5) is 0 Å². The summed E-state index contributed by atoms with van der Waals surface area (Å²) in [4.78, 5) is 0. The molecule has 0 aliphatic heterocycles. The molecule has 0 spiro atoms. The molecule has 0 fully saturated rings. The highest BCUT2D eigenvalue weighted by Gasteiger charge is 2.04. The number of benzene rings is 1. The molecule has 0 amide bonds. The topological polar surface area (TPSA) is 61.7 Å². The van der Waals surface area contributed by atoms with Gasteiger partial charge in [0.1, 0.15) is 18.5 Å². The summed E-state index contributed by atoms with van der Waals surface area (Å²) in [6.07, 6.45) is 0.151. The molecule has 4 nitrogen and oxygen atoms in total. The van der Waals surface area contributed by atoms with Crippen molar-refractivity contribution >= 4 is 15.9 Å². The Morgan fingerprint density at radius 3 is 2.65 bits per heavy atom. The molecule has 5 heteroatoms. The molecule has 1 atom stereocenters. The molecular formula is C12H18BrNO3.